The first-order valence-electron chi connectivity index (χ1n) is 7.73. The molecule has 8 nitrogen and oxygen atoms in total. The molecule has 0 aliphatic heterocycles. The minimum Gasteiger partial charge on any atom is -0.334 e. The highest BCUT2D eigenvalue weighted by atomic mass is 16.6. The summed E-state index contributed by atoms with van der Waals surface area (Å²) in [6, 6.07) is 10.5. The van der Waals surface area contributed by atoms with Gasteiger partial charge < -0.3 is 16.0 Å². The highest BCUT2D eigenvalue weighted by Gasteiger charge is 2.17. The number of benzene rings is 2. The van der Waals surface area contributed by atoms with E-state index in [9.17, 15) is 19.7 Å². The lowest BCUT2D eigenvalue weighted by Crippen LogP contribution is -2.28. The number of carbonyl (C=O) groups excluding carboxylic acids is 2. The van der Waals surface area contributed by atoms with Gasteiger partial charge in [0.1, 0.15) is 0 Å². The van der Waals surface area contributed by atoms with Gasteiger partial charge in [-0.3, -0.25) is 14.9 Å². The molecule has 134 valence electrons. The van der Waals surface area contributed by atoms with Crippen LogP contribution in [0.1, 0.15) is 15.9 Å². The van der Waals surface area contributed by atoms with Crippen molar-refractivity contribution < 1.29 is 14.5 Å². The summed E-state index contributed by atoms with van der Waals surface area (Å²) in [5.74, 6) is -0.448. The van der Waals surface area contributed by atoms with Gasteiger partial charge in [0.05, 0.1) is 4.92 Å². The summed E-state index contributed by atoms with van der Waals surface area (Å²) >= 11 is 0. The first kappa shape index (κ1) is 18.7. The summed E-state index contributed by atoms with van der Waals surface area (Å²) in [5.41, 5.74) is 1.47. The van der Waals surface area contributed by atoms with Gasteiger partial charge in [0, 0.05) is 35.1 Å². The van der Waals surface area contributed by atoms with Crippen LogP contribution < -0.4 is 16.0 Å². The minimum atomic E-state index is -0.524. The lowest BCUT2D eigenvalue weighted by Gasteiger charge is -2.09. The van der Waals surface area contributed by atoms with Crippen molar-refractivity contribution in [3.05, 3.63) is 76.4 Å². The summed E-state index contributed by atoms with van der Waals surface area (Å²) in [6.07, 6.45) is 1.56. The molecule has 0 unspecified atom stereocenters. The number of rotatable bonds is 6. The van der Waals surface area contributed by atoms with E-state index in [4.69, 9.17) is 0 Å². The Labute approximate surface area is 150 Å². The van der Waals surface area contributed by atoms with E-state index in [1.54, 1.807) is 30.3 Å². The third-order valence-electron chi connectivity index (χ3n) is 3.55. The fourth-order valence-corrected chi connectivity index (χ4v) is 2.24. The van der Waals surface area contributed by atoms with Crippen molar-refractivity contribution in [1.29, 1.82) is 0 Å². The van der Waals surface area contributed by atoms with Crippen molar-refractivity contribution in [3.8, 4) is 0 Å². The number of nitro groups is 1. The number of hydrogen-bond acceptors (Lipinski definition) is 4. The smallest absolute Gasteiger partial charge is 0.319 e. The third-order valence-corrected chi connectivity index (χ3v) is 3.55. The number of nitrogens with zero attached hydrogens (tertiary/aromatic N) is 1. The lowest BCUT2D eigenvalue weighted by atomic mass is 10.1. The van der Waals surface area contributed by atoms with Gasteiger partial charge >= 0.3 is 6.03 Å². The van der Waals surface area contributed by atoms with Gasteiger partial charge in [-0.05, 0) is 37.3 Å². The van der Waals surface area contributed by atoms with E-state index in [0.717, 1.165) is 0 Å². The minimum absolute atomic E-state index is 0.109. The highest BCUT2D eigenvalue weighted by molar-refractivity contribution is 6.06. The van der Waals surface area contributed by atoms with Crippen LogP contribution in [0.2, 0.25) is 0 Å². The topological polar surface area (TPSA) is 113 Å². The van der Waals surface area contributed by atoms with Gasteiger partial charge in [-0.25, -0.2) is 4.79 Å². The second-order valence-corrected chi connectivity index (χ2v) is 5.36. The fourth-order valence-electron chi connectivity index (χ4n) is 2.24. The zero-order chi connectivity index (χ0) is 19.1. The fraction of sp³-hybridized carbons (Fsp3) is 0.111. The molecular formula is C18H18N4O4. The van der Waals surface area contributed by atoms with Gasteiger partial charge in [-0.15, -0.1) is 6.58 Å². The molecule has 0 spiro atoms. The Balaban J connectivity index is 2.06. The summed E-state index contributed by atoms with van der Waals surface area (Å²) in [6.45, 7) is 5.38. The van der Waals surface area contributed by atoms with Crippen molar-refractivity contribution in [2.24, 2.45) is 0 Å². The van der Waals surface area contributed by atoms with Crippen LogP contribution in [0, 0.1) is 17.0 Å². The van der Waals surface area contributed by atoms with E-state index in [1.165, 1.54) is 25.1 Å². The van der Waals surface area contributed by atoms with Gasteiger partial charge in [0.25, 0.3) is 11.6 Å². The van der Waals surface area contributed by atoms with Crippen LogP contribution in [0.4, 0.5) is 21.9 Å². The molecule has 0 atom stereocenters. The van der Waals surface area contributed by atoms with Crippen molar-refractivity contribution in [2.75, 3.05) is 17.2 Å². The number of hydrogen-bond donors (Lipinski definition) is 3. The molecule has 3 amide bonds. The molecular weight excluding hydrogens is 336 g/mol. The van der Waals surface area contributed by atoms with Crippen LogP contribution in [0.15, 0.2) is 55.1 Å². The van der Waals surface area contributed by atoms with Crippen molar-refractivity contribution in [3.63, 3.8) is 0 Å². The van der Waals surface area contributed by atoms with Gasteiger partial charge in [-0.2, -0.15) is 0 Å². The predicted molar refractivity (Wildman–Crippen MR) is 99.4 cm³/mol. The predicted octanol–water partition coefficient (Wildman–Crippen LogP) is 3.46. The summed E-state index contributed by atoms with van der Waals surface area (Å²) in [4.78, 5) is 34.4. The number of amides is 3. The molecule has 2 rings (SSSR count). The molecule has 0 saturated heterocycles. The molecule has 0 fully saturated rings. The SMILES string of the molecule is C=CCNC(=O)Nc1ccc(NC(=O)c2cccc([N+](=O)[O-])c2C)cc1. The average molecular weight is 354 g/mol. The first-order valence-corrected chi connectivity index (χ1v) is 7.73. The summed E-state index contributed by atoms with van der Waals surface area (Å²) < 4.78 is 0. The van der Waals surface area contributed by atoms with E-state index >= 15 is 0 Å². The van der Waals surface area contributed by atoms with E-state index in [0.29, 0.717) is 23.5 Å². The Bertz CT molecular complexity index is 847. The molecule has 3 N–H and O–H groups in total. The monoisotopic (exact) mass is 354 g/mol. The summed E-state index contributed by atoms with van der Waals surface area (Å²) in [7, 11) is 0. The van der Waals surface area contributed by atoms with E-state index in [2.05, 4.69) is 22.5 Å². The van der Waals surface area contributed by atoms with Crippen molar-refractivity contribution in [1.82, 2.24) is 5.32 Å². The molecule has 0 aromatic heterocycles. The van der Waals surface area contributed by atoms with Crippen LogP contribution in [0.5, 0.6) is 0 Å². The van der Waals surface area contributed by atoms with Crippen molar-refractivity contribution in [2.45, 2.75) is 6.92 Å². The van der Waals surface area contributed by atoms with Crippen LogP contribution in [0.25, 0.3) is 0 Å². The Morgan fingerprint density at radius 3 is 2.31 bits per heavy atom. The van der Waals surface area contributed by atoms with E-state index in [1.807, 2.05) is 0 Å². The standard InChI is InChI=1S/C18H18N4O4/c1-3-11-19-18(24)21-14-9-7-13(8-10-14)20-17(23)15-5-4-6-16(12(15)2)22(25)26/h3-10H,1,11H2,2H3,(H,20,23)(H2,19,21,24). The number of anilines is 2. The van der Waals surface area contributed by atoms with E-state index in [-0.39, 0.29) is 17.3 Å². The van der Waals surface area contributed by atoms with Crippen LogP contribution in [-0.2, 0) is 0 Å². The Kier molecular flexibility index (Phi) is 6.05. The molecule has 2 aromatic carbocycles. The second-order valence-electron chi connectivity index (χ2n) is 5.36. The van der Waals surface area contributed by atoms with E-state index < -0.39 is 10.8 Å². The molecule has 2 aromatic rings. The number of nitro benzene ring substituents is 1. The molecule has 26 heavy (non-hydrogen) atoms. The quantitative estimate of drug-likeness (QED) is 0.419. The van der Waals surface area contributed by atoms with Crippen LogP contribution in [0.3, 0.4) is 0 Å². The number of carbonyl (C=O) groups is 2. The molecule has 0 aliphatic rings. The van der Waals surface area contributed by atoms with Crippen LogP contribution >= 0.6 is 0 Å². The maximum atomic E-state index is 12.4. The lowest BCUT2D eigenvalue weighted by molar-refractivity contribution is -0.385. The Hall–Kier alpha value is -3.68. The largest absolute Gasteiger partial charge is 0.334 e. The maximum Gasteiger partial charge on any atom is 0.319 e. The molecule has 0 bridgehead atoms. The van der Waals surface area contributed by atoms with Crippen molar-refractivity contribution >= 4 is 29.0 Å². The maximum absolute atomic E-state index is 12.4. The first-order chi connectivity index (χ1) is 12.4. The normalized spacial score (nSPS) is 9.88. The molecule has 8 heteroatoms. The number of nitrogens with one attached hydrogen (secondary N) is 3. The number of urea groups is 1. The molecule has 0 saturated carbocycles. The molecule has 0 heterocycles. The Morgan fingerprint density at radius 1 is 1.12 bits per heavy atom. The molecule has 0 radical (unpaired) electrons. The second kappa shape index (κ2) is 8.43. The third kappa shape index (κ3) is 4.67. The van der Waals surface area contributed by atoms with Gasteiger partial charge in [0.2, 0.25) is 0 Å². The summed E-state index contributed by atoms with van der Waals surface area (Å²) in [5, 5.41) is 18.9. The zero-order valence-corrected chi connectivity index (χ0v) is 14.1. The average Bonchev–Trinajstić information content (AvgIpc) is 2.61. The molecule has 0 aliphatic carbocycles. The van der Waals surface area contributed by atoms with Gasteiger partial charge in [0.15, 0.2) is 0 Å². The van der Waals surface area contributed by atoms with Gasteiger partial charge in [-0.1, -0.05) is 12.1 Å². The Morgan fingerprint density at radius 2 is 1.73 bits per heavy atom. The zero-order valence-electron chi connectivity index (χ0n) is 14.1. The van der Waals surface area contributed by atoms with Crippen LogP contribution in [-0.4, -0.2) is 23.4 Å². The highest BCUT2D eigenvalue weighted by Crippen LogP contribution is 2.22.